The van der Waals surface area contributed by atoms with Gasteiger partial charge in [-0.1, -0.05) is 18.2 Å². The first-order valence-corrected chi connectivity index (χ1v) is 10.1. The van der Waals surface area contributed by atoms with Gasteiger partial charge in [0.2, 0.25) is 5.67 Å². The molecular formula is C23H18F4N4O2. The molecule has 1 aromatic carbocycles. The van der Waals surface area contributed by atoms with Gasteiger partial charge in [0.1, 0.15) is 17.2 Å². The third-order valence-corrected chi connectivity index (χ3v) is 5.58. The molecule has 1 aliphatic rings. The van der Waals surface area contributed by atoms with Crippen molar-refractivity contribution in [3.05, 3.63) is 77.5 Å². The van der Waals surface area contributed by atoms with Crippen LogP contribution in [0.1, 0.15) is 22.8 Å². The molecule has 0 atom stereocenters. The number of para-hydroxylation sites is 1. The predicted molar refractivity (Wildman–Crippen MR) is 110 cm³/mol. The normalized spacial score (nSPS) is 15.1. The quantitative estimate of drug-likeness (QED) is 0.395. The highest BCUT2D eigenvalue weighted by atomic mass is 19.3. The van der Waals surface area contributed by atoms with Crippen LogP contribution >= 0.6 is 0 Å². The second kappa shape index (κ2) is 8.11. The highest BCUT2D eigenvalue weighted by molar-refractivity contribution is 5.64. The van der Waals surface area contributed by atoms with Crippen LogP contribution in [0.15, 0.2) is 48.9 Å². The minimum atomic E-state index is -2.95. The van der Waals surface area contributed by atoms with Crippen LogP contribution in [0.2, 0.25) is 0 Å². The van der Waals surface area contributed by atoms with Gasteiger partial charge in [-0.25, -0.2) is 23.7 Å². The van der Waals surface area contributed by atoms with E-state index in [1.54, 1.807) is 35.7 Å². The van der Waals surface area contributed by atoms with Gasteiger partial charge < -0.3 is 13.9 Å². The Bertz CT molecular complexity index is 1320. The number of benzene rings is 1. The predicted octanol–water partition coefficient (Wildman–Crippen LogP) is 4.63. The lowest BCUT2D eigenvalue weighted by Gasteiger charge is -2.31. The summed E-state index contributed by atoms with van der Waals surface area (Å²) in [6, 6.07) is 7.76. The molecule has 3 aromatic heterocycles. The summed E-state index contributed by atoms with van der Waals surface area (Å²) in [4.78, 5) is 12.5. The van der Waals surface area contributed by atoms with E-state index in [-0.39, 0.29) is 36.8 Å². The van der Waals surface area contributed by atoms with E-state index in [2.05, 4.69) is 19.7 Å². The number of nitrogens with zero attached hydrogens (tertiary/aromatic N) is 4. The molecule has 0 amide bonds. The van der Waals surface area contributed by atoms with Crippen LogP contribution in [0.4, 0.5) is 17.6 Å². The van der Waals surface area contributed by atoms with E-state index in [1.807, 2.05) is 0 Å². The Morgan fingerprint density at radius 3 is 2.58 bits per heavy atom. The van der Waals surface area contributed by atoms with Crippen molar-refractivity contribution in [2.24, 2.45) is 0 Å². The van der Waals surface area contributed by atoms with Gasteiger partial charge in [0.15, 0.2) is 5.82 Å². The van der Waals surface area contributed by atoms with E-state index in [9.17, 15) is 17.6 Å². The van der Waals surface area contributed by atoms with E-state index in [0.717, 1.165) is 0 Å². The molecule has 10 heteroatoms. The molecule has 4 heterocycles. The maximum atomic E-state index is 14.9. The lowest BCUT2D eigenvalue weighted by atomic mass is 10.0. The van der Waals surface area contributed by atoms with Gasteiger partial charge in [0.05, 0.1) is 18.9 Å². The molecule has 6 nitrogen and oxygen atoms in total. The van der Waals surface area contributed by atoms with Crippen LogP contribution in [-0.2, 0) is 16.8 Å². The molecule has 170 valence electrons. The summed E-state index contributed by atoms with van der Waals surface area (Å²) >= 11 is 0. The molecular weight excluding hydrogens is 440 g/mol. The lowest BCUT2D eigenvalue weighted by molar-refractivity contribution is -0.140. The molecule has 1 saturated heterocycles. The van der Waals surface area contributed by atoms with Crippen LogP contribution in [0.25, 0.3) is 16.8 Å². The second-order valence-electron chi connectivity index (χ2n) is 7.82. The Balaban J connectivity index is 1.53. The van der Waals surface area contributed by atoms with Gasteiger partial charge in [-0.15, -0.1) is 0 Å². The molecule has 0 radical (unpaired) electrons. The van der Waals surface area contributed by atoms with Crippen molar-refractivity contribution >= 4 is 5.65 Å². The monoisotopic (exact) mass is 458 g/mol. The smallest absolute Gasteiger partial charge is 0.387 e. The molecule has 33 heavy (non-hydrogen) atoms. The highest BCUT2D eigenvalue weighted by Crippen LogP contribution is 2.32. The van der Waals surface area contributed by atoms with E-state index in [1.165, 1.54) is 24.5 Å². The minimum Gasteiger partial charge on any atom is -0.435 e. The Hall–Kier alpha value is -3.53. The molecule has 0 N–H and O–H groups in total. The number of rotatable bonds is 6. The fourth-order valence-corrected chi connectivity index (χ4v) is 3.81. The van der Waals surface area contributed by atoms with E-state index in [0.29, 0.717) is 28.2 Å². The highest BCUT2D eigenvalue weighted by Gasteiger charge is 2.43. The number of ether oxygens (including phenoxy) is 2. The van der Waals surface area contributed by atoms with Gasteiger partial charge in [0, 0.05) is 53.5 Å². The average Bonchev–Trinajstić information content (AvgIpc) is 3.06. The summed E-state index contributed by atoms with van der Waals surface area (Å²) in [5.41, 5.74) is 1.05. The van der Waals surface area contributed by atoms with Crippen LogP contribution < -0.4 is 4.74 Å². The average molecular weight is 458 g/mol. The number of pyridine rings is 1. The number of aromatic nitrogens is 4. The van der Waals surface area contributed by atoms with E-state index < -0.39 is 18.1 Å². The molecule has 5 rings (SSSR count). The van der Waals surface area contributed by atoms with Crippen LogP contribution in [0, 0.1) is 12.7 Å². The van der Waals surface area contributed by atoms with Gasteiger partial charge in [-0.2, -0.15) is 8.78 Å². The number of hydrogen-bond acceptors (Lipinski definition) is 5. The second-order valence-corrected chi connectivity index (χ2v) is 7.82. The van der Waals surface area contributed by atoms with Crippen molar-refractivity contribution in [3.8, 4) is 16.9 Å². The van der Waals surface area contributed by atoms with E-state index in [4.69, 9.17) is 4.74 Å². The summed E-state index contributed by atoms with van der Waals surface area (Å²) in [7, 11) is 0. The molecule has 0 bridgehead atoms. The first kappa shape index (κ1) is 21.3. The van der Waals surface area contributed by atoms with Crippen molar-refractivity contribution < 1.29 is 27.0 Å². The van der Waals surface area contributed by atoms with Gasteiger partial charge in [-0.05, 0) is 13.0 Å². The Morgan fingerprint density at radius 1 is 1.18 bits per heavy atom. The summed E-state index contributed by atoms with van der Waals surface area (Å²) in [5.74, 6) is -0.485. The third-order valence-electron chi connectivity index (χ3n) is 5.58. The van der Waals surface area contributed by atoms with Gasteiger partial charge >= 0.3 is 6.61 Å². The lowest BCUT2D eigenvalue weighted by Crippen LogP contribution is -2.43. The van der Waals surface area contributed by atoms with Crippen molar-refractivity contribution in [1.82, 2.24) is 19.4 Å². The third kappa shape index (κ3) is 3.91. The molecule has 0 spiro atoms. The number of imidazole rings is 1. The fraction of sp³-hybridized carbons (Fsp3) is 0.261. The van der Waals surface area contributed by atoms with Gasteiger partial charge in [-0.3, -0.25) is 0 Å². The molecule has 1 fully saturated rings. The first-order chi connectivity index (χ1) is 15.8. The fourth-order valence-electron chi connectivity index (χ4n) is 3.81. The number of aryl methyl sites for hydroxylation is 1. The number of halogens is 4. The Labute approximate surface area is 185 Å². The summed E-state index contributed by atoms with van der Waals surface area (Å²) in [6.07, 6.45) is 4.51. The summed E-state index contributed by atoms with van der Waals surface area (Å²) in [6.45, 7) is -1.41. The number of alkyl halides is 3. The van der Waals surface area contributed by atoms with Crippen molar-refractivity contribution in [2.45, 2.75) is 25.6 Å². The molecule has 1 aliphatic heterocycles. The largest absolute Gasteiger partial charge is 0.435 e. The molecule has 0 unspecified atom stereocenters. The van der Waals surface area contributed by atoms with Gasteiger partial charge in [0.25, 0.3) is 0 Å². The maximum Gasteiger partial charge on any atom is 0.387 e. The zero-order chi connectivity index (χ0) is 23.2. The van der Waals surface area contributed by atoms with Crippen molar-refractivity contribution in [2.75, 3.05) is 13.2 Å². The summed E-state index contributed by atoms with van der Waals surface area (Å²) in [5, 5.41) is 0. The SMILES string of the molecule is Cc1nc2cc(F)c(-c3cnc(C4(F)COC4)nc3)cn2c1Cc1ccccc1OC(F)F. The Kier molecular flexibility index (Phi) is 5.24. The zero-order valence-corrected chi connectivity index (χ0v) is 17.4. The molecule has 4 aromatic rings. The zero-order valence-electron chi connectivity index (χ0n) is 17.4. The van der Waals surface area contributed by atoms with Crippen molar-refractivity contribution in [3.63, 3.8) is 0 Å². The Morgan fingerprint density at radius 2 is 1.91 bits per heavy atom. The molecule has 0 aliphatic carbocycles. The molecule has 0 saturated carbocycles. The maximum absolute atomic E-state index is 14.9. The van der Waals surface area contributed by atoms with Crippen LogP contribution in [0.3, 0.4) is 0 Å². The van der Waals surface area contributed by atoms with Crippen molar-refractivity contribution in [1.29, 1.82) is 0 Å². The van der Waals surface area contributed by atoms with Crippen LogP contribution in [0.5, 0.6) is 5.75 Å². The number of fused-ring (bicyclic) bond motifs is 1. The summed E-state index contributed by atoms with van der Waals surface area (Å²) < 4.78 is 66.1. The standard InChI is InChI=1S/C23H18F4N4O2/c1-13-18(6-14-4-2-3-5-19(14)33-22(25)26)31-10-16(17(24)7-20(31)30-13)15-8-28-21(29-9-15)23(27)11-32-12-23/h2-5,7-10,22H,6,11-12H2,1H3. The van der Waals surface area contributed by atoms with E-state index >= 15 is 0 Å². The first-order valence-electron chi connectivity index (χ1n) is 10.1. The topological polar surface area (TPSA) is 61.5 Å². The number of hydrogen-bond donors (Lipinski definition) is 0. The van der Waals surface area contributed by atoms with Crippen LogP contribution in [-0.4, -0.2) is 39.2 Å². The minimum absolute atomic E-state index is 0.00575.